The first-order valence-corrected chi connectivity index (χ1v) is 12.2. The molecule has 0 unspecified atom stereocenters. The quantitative estimate of drug-likeness (QED) is 0.178. The molecule has 0 aliphatic carbocycles. The van der Waals surface area contributed by atoms with Crippen molar-refractivity contribution < 1.29 is 36.6 Å². The third-order valence-corrected chi connectivity index (χ3v) is 7.14. The van der Waals surface area contributed by atoms with Gasteiger partial charge in [0.15, 0.2) is 0 Å². The minimum atomic E-state index is -4.79. The Bertz CT molecular complexity index is 1140. The van der Waals surface area contributed by atoms with Crippen LogP contribution in [0.5, 0.6) is 0 Å². The van der Waals surface area contributed by atoms with E-state index in [1.54, 1.807) is 6.08 Å². The van der Waals surface area contributed by atoms with E-state index in [1.807, 2.05) is 0 Å². The predicted molar refractivity (Wildman–Crippen MR) is 129 cm³/mol. The molecule has 1 amide bonds. The molecule has 13 heteroatoms. The Morgan fingerprint density at radius 3 is 2.46 bits per heavy atom. The van der Waals surface area contributed by atoms with Gasteiger partial charge in [-0.1, -0.05) is 24.0 Å². The lowest BCUT2D eigenvalue weighted by Gasteiger charge is -2.16. The number of hydrogen-bond acceptors (Lipinski definition) is 6. The molecule has 0 atom stereocenters. The molecule has 35 heavy (non-hydrogen) atoms. The van der Waals surface area contributed by atoms with E-state index in [0.717, 1.165) is 35.2 Å². The molecule has 0 saturated carbocycles. The minimum Gasteiger partial charge on any atom is -0.480 e. The van der Waals surface area contributed by atoms with Crippen LogP contribution in [0.15, 0.2) is 34.6 Å². The fraction of sp³-hybridized carbons (Fsp3) is 0.318. The number of aliphatic carboxylic acids is 1. The molecule has 1 aliphatic heterocycles. The van der Waals surface area contributed by atoms with Crippen molar-refractivity contribution in [1.29, 1.82) is 0 Å². The van der Waals surface area contributed by atoms with E-state index < -0.39 is 29.2 Å². The number of carboxylic acid groups (broad SMARTS) is 1. The second-order valence-corrected chi connectivity index (χ2v) is 10.3. The third kappa shape index (κ3) is 7.09. The summed E-state index contributed by atoms with van der Waals surface area (Å²) >= 11 is 7.48. The van der Waals surface area contributed by atoms with Gasteiger partial charge in [0.05, 0.1) is 17.0 Å². The van der Waals surface area contributed by atoms with Crippen LogP contribution < -0.4 is 5.32 Å². The molecule has 1 aromatic carbocycles. The first-order chi connectivity index (χ1) is 16.3. The van der Waals surface area contributed by atoms with E-state index in [9.17, 15) is 31.5 Å². The summed E-state index contributed by atoms with van der Waals surface area (Å²) in [6.07, 6.45) is -2.75. The fourth-order valence-electron chi connectivity index (χ4n) is 3.17. The number of thiophene rings is 1. The summed E-state index contributed by atoms with van der Waals surface area (Å²) in [6, 6.07) is 3.82. The summed E-state index contributed by atoms with van der Waals surface area (Å²) in [5, 5.41) is 12.9. The van der Waals surface area contributed by atoms with Crippen LogP contribution in [0.2, 0.25) is 0 Å². The van der Waals surface area contributed by atoms with Gasteiger partial charge in [0.1, 0.15) is 4.32 Å². The zero-order valence-corrected chi connectivity index (χ0v) is 20.6. The number of thioether (sulfide) groups is 1. The van der Waals surface area contributed by atoms with Gasteiger partial charge in [0.2, 0.25) is 0 Å². The number of amides is 1. The maximum Gasteiger partial charge on any atom is 0.416 e. The topological polar surface area (TPSA) is 69.6 Å². The number of rotatable bonds is 9. The van der Waals surface area contributed by atoms with Gasteiger partial charge in [-0.15, -0.1) is 11.3 Å². The normalized spacial score (nSPS) is 15.9. The average molecular weight is 551 g/mol. The molecule has 1 saturated heterocycles. The maximum absolute atomic E-state index is 13.8. The molecular weight excluding hydrogens is 531 g/mol. The van der Waals surface area contributed by atoms with E-state index in [2.05, 4.69) is 5.32 Å². The van der Waals surface area contributed by atoms with Gasteiger partial charge in [0.25, 0.3) is 11.8 Å². The van der Waals surface area contributed by atoms with Gasteiger partial charge in [-0.2, -0.15) is 13.2 Å². The third-order valence-electron chi connectivity index (χ3n) is 4.88. The van der Waals surface area contributed by atoms with Crippen LogP contribution in [0, 0.1) is 0 Å². The lowest BCUT2D eigenvalue weighted by atomic mass is 9.98. The van der Waals surface area contributed by atoms with Crippen molar-refractivity contribution in [2.45, 2.75) is 25.4 Å². The molecule has 0 radical (unpaired) electrons. The van der Waals surface area contributed by atoms with Gasteiger partial charge in [-0.05, 0) is 59.8 Å². The Labute approximate surface area is 211 Å². The molecule has 3 rings (SSSR count). The Kier molecular flexibility index (Phi) is 8.35. The Morgan fingerprint density at radius 2 is 1.83 bits per heavy atom. The molecular formula is C22H19F5N2O3S3. The highest BCUT2D eigenvalue weighted by molar-refractivity contribution is 8.26. The van der Waals surface area contributed by atoms with Gasteiger partial charge in [0, 0.05) is 23.9 Å². The van der Waals surface area contributed by atoms with Crippen molar-refractivity contribution in [3.8, 4) is 11.1 Å². The molecule has 5 nitrogen and oxygen atoms in total. The number of benzene rings is 1. The van der Waals surface area contributed by atoms with Gasteiger partial charge < -0.3 is 10.4 Å². The summed E-state index contributed by atoms with van der Waals surface area (Å²) in [6.45, 7) is 1.02. The summed E-state index contributed by atoms with van der Waals surface area (Å²) in [4.78, 5) is 25.5. The maximum atomic E-state index is 13.8. The number of thiocarbonyl (C=S) groups is 1. The Hall–Kier alpha value is -2.35. The van der Waals surface area contributed by atoms with E-state index in [4.69, 9.17) is 17.3 Å². The van der Waals surface area contributed by atoms with Crippen LogP contribution in [0.1, 0.15) is 29.3 Å². The lowest BCUT2D eigenvalue weighted by molar-refractivity contribution is -0.138. The summed E-state index contributed by atoms with van der Waals surface area (Å²) < 4.78 is 67.8. The highest BCUT2D eigenvalue weighted by Crippen LogP contribution is 2.39. The molecule has 1 aromatic heterocycles. The lowest BCUT2D eigenvalue weighted by Crippen LogP contribution is -2.32. The standard InChI is InChI=1S/C22H19F5N2O3S3/c1-21(23,24)14-5-12(6-15(8-14)22(25,26)27)13-7-16(34-11-13)9-17-19(32)29(20(33)35-17)4-2-3-28-10-18(30)31/h5-9,11,28H,2-4,10H2,1H3,(H,30,31). The molecule has 2 N–H and O–H groups in total. The highest BCUT2D eigenvalue weighted by Gasteiger charge is 2.35. The van der Waals surface area contributed by atoms with Crippen molar-refractivity contribution >= 4 is 57.6 Å². The molecule has 2 aromatic rings. The van der Waals surface area contributed by atoms with Gasteiger partial charge in [-0.25, -0.2) is 8.78 Å². The van der Waals surface area contributed by atoms with Crippen LogP contribution >= 0.6 is 35.3 Å². The van der Waals surface area contributed by atoms with Crippen LogP contribution in [0.25, 0.3) is 17.2 Å². The van der Waals surface area contributed by atoms with Crippen LogP contribution in [-0.2, 0) is 21.7 Å². The van der Waals surface area contributed by atoms with E-state index in [0.29, 0.717) is 52.2 Å². The second-order valence-electron chi connectivity index (χ2n) is 7.68. The Morgan fingerprint density at radius 1 is 1.14 bits per heavy atom. The van der Waals surface area contributed by atoms with E-state index in [-0.39, 0.29) is 18.0 Å². The van der Waals surface area contributed by atoms with Crippen molar-refractivity contribution in [3.05, 3.63) is 50.6 Å². The number of hydrogen-bond donors (Lipinski definition) is 2. The average Bonchev–Trinajstić information content (AvgIpc) is 3.31. The van der Waals surface area contributed by atoms with Crippen LogP contribution in [-0.4, -0.2) is 45.8 Å². The number of nitrogens with zero attached hydrogens (tertiary/aromatic N) is 1. The molecule has 1 fully saturated rings. The minimum absolute atomic E-state index is 0.00587. The van der Waals surface area contributed by atoms with Crippen molar-refractivity contribution in [1.82, 2.24) is 10.2 Å². The first kappa shape index (κ1) is 27.2. The zero-order valence-electron chi connectivity index (χ0n) is 18.1. The Balaban J connectivity index is 1.78. The smallest absolute Gasteiger partial charge is 0.416 e. The summed E-state index contributed by atoms with van der Waals surface area (Å²) in [5.74, 6) is -4.77. The largest absolute Gasteiger partial charge is 0.480 e. The number of nitrogens with one attached hydrogen (secondary N) is 1. The monoisotopic (exact) mass is 550 g/mol. The van der Waals surface area contributed by atoms with Gasteiger partial charge in [-0.3, -0.25) is 14.5 Å². The van der Waals surface area contributed by atoms with Crippen molar-refractivity contribution in [3.63, 3.8) is 0 Å². The van der Waals surface area contributed by atoms with E-state index in [1.165, 1.54) is 16.3 Å². The van der Waals surface area contributed by atoms with Crippen molar-refractivity contribution in [2.75, 3.05) is 19.6 Å². The molecule has 0 bridgehead atoms. The number of carbonyl (C=O) groups is 2. The predicted octanol–water partition coefficient (Wildman–Crippen LogP) is 5.81. The number of carboxylic acids is 1. The summed E-state index contributed by atoms with van der Waals surface area (Å²) in [7, 11) is 0. The number of alkyl halides is 5. The SMILES string of the molecule is CC(F)(F)c1cc(-c2csc(C=C3SC(=S)N(CCCNCC(=O)O)C3=O)c2)cc(C(F)(F)F)c1. The second kappa shape index (κ2) is 10.7. The van der Waals surface area contributed by atoms with Gasteiger partial charge >= 0.3 is 12.1 Å². The molecule has 0 spiro atoms. The number of halogens is 5. The number of carbonyl (C=O) groups excluding carboxylic acids is 1. The van der Waals surface area contributed by atoms with E-state index >= 15 is 0 Å². The molecule has 2 heterocycles. The van der Waals surface area contributed by atoms with Crippen LogP contribution in [0.4, 0.5) is 22.0 Å². The first-order valence-electron chi connectivity index (χ1n) is 10.1. The van der Waals surface area contributed by atoms with Crippen LogP contribution in [0.3, 0.4) is 0 Å². The fourth-order valence-corrected chi connectivity index (χ4v) is 5.39. The van der Waals surface area contributed by atoms with Crippen molar-refractivity contribution in [2.24, 2.45) is 0 Å². The summed E-state index contributed by atoms with van der Waals surface area (Å²) in [5.41, 5.74) is -1.60. The molecule has 1 aliphatic rings. The zero-order chi connectivity index (χ0) is 26.0. The highest BCUT2D eigenvalue weighted by atomic mass is 32.2. The molecule has 188 valence electrons.